The van der Waals surface area contributed by atoms with Crippen LogP contribution in [0.2, 0.25) is 0 Å². The van der Waals surface area contributed by atoms with Crippen LogP contribution in [0.4, 0.5) is 0 Å². The van der Waals surface area contributed by atoms with E-state index in [0.29, 0.717) is 0 Å². The van der Waals surface area contributed by atoms with Gasteiger partial charge < -0.3 is 9.31 Å². The van der Waals surface area contributed by atoms with Gasteiger partial charge in [-0.25, -0.2) is 0 Å². The van der Waals surface area contributed by atoms with Gasteiger partial charge in [0, 0.05) is 14.2 Å². The van der Waals surface area contributed by atoms with E-state index in [2.05, 4.69) is 6.58 Å². The molecule has 0 heterocycles. The van der Waals surface area contributed by atoms with Crippen LogP contribution in [0.25, 0.3) is 0 Å². The highest BCUT2D eigenvalue weighted by Crippen LogP contribution is 1.81. The molecule has 7 heavy (non-hydrogen) atoms. The molecule has 0 amide bonds. The Kier molecular flexibility index (Phi) is 3.75. The fourth-order valence-electron chi connectivity index (χ4n) is 0.289. The highest BCUT2D eigenvalue weighted by molar-refractivity contribution is 6.50. The summed E-state index contributed by atoms with van der Waals surface area (Å²) in [6, 6.07) is 0. The first-order valence-electron chi connectivity index (χ1n) is 2.03. The van der Waals surface area contributed by atoms with E-state index in [9.17, 15) is 0 Å². The maximum atomic E-state index is 4.71. The molecule has 0 saturated carbocycles. The Hall–Kier alpha value is -0.275. The van der Waals surface area contributed by atoms with Gasteiger partial charge in [0.25, 0.3) is 0 Å². The van der Waals surface area contributed by atoms with Crippen molar-refractivity contribution in [3.05, 3.63) is 12.6 Å². The molecule has 40 valence electrons. The Balaban J connectivity index is 3.16. The maximum Gasteiger partial charge on any atom is 0.485 e. The third-order valence-electron chi connectivity index (χ3n) is 0.657. The van der Waals surface area contributed by atoms with Gasteiger partial charge in [0.05, 0.1) is 0 Å². The van der Waals surface area contributed by atoms with Gasteiger partial charge in [0.1, 0.15) is 0 Å². The summed E-state index contributed by atoms with van der Waals surface area (Å²) in [5.41, 5.74) is 0. The minimum absolute atomic E-state index is 0.250. The molecule has 0 fully saturated rings. The largest absolute Gasteiger partial charge is 0.485 e. The Bertz CT molecular complexity index is 51.7. The molecule has 0 aliphatic rings. The van der Waals surface area contributed by atoms with Gasteiger partial charge in [-0.15, -0.1) is 6.58 Å². The molecule has 3 heteroatoms. The topological polar surface area (TPSA) is 18.5 Å². The van der Waals surface area contributed by atoms with Crippen molar-refractivity contribution in [3.8, 4) is 0 Å². The molecule has 0 rings (SSSR count). The van der Waals surface area contributed by atoms with Crippen LogP contribution in [0.1, 0.15) is 0 Å². The standard InChI is InChI=1S/C4H9BO2/c1-4-5(6-2)7-3/h4H,1H2,2-3H3. The molecule has 2 nitrogen and oxygen atoms in total. The zero-order valence-corrected chi connectivity index (χ0v) is 4.68. The van der Waals surface area contributed by atoms with E-state index in [4.69, 9.17) is 9.31 Å². The summed E-state index contributed by atoms with van der Waals surface area (Å²) >= 11 is 0. The van der Waals surface area contributed by atoms with Crippen molar-refractivity contribution in [2.45, 2.75) is 0 Å². The van der Waals surface area contributed by atoms with E-state index in [0.717, 1.165) is 0 Å². The Morgan fingerprint density at radius 2 is 1.86 bits per heavy atom. The molecule has 0 unspecified atom stereocenters. The summed E-state index contributed by atoms with van der Waals surface area (Å²) in [5, 5.41) is 0. The predicted octanol–water partition coefficient (Wildman–Crippen LogP) is 0.493. The van der Waals surface area contributed by atoms with Gasteiger partial charge in [-0.1, -0.05) is 5.98 Å². The molecule has 0 aliphatic carbocycles. The van der Waals surface area contributed by atoms with Gasteiger partial charge in [0.15, 0.2) is 0 Å². The Labute approximate surface area is 44.3 Å². The highest BCUT2D eigenvalue weighted by Gasteiger charge is 2.04. The first kappa shape index (κ1) is 6.72. The van der Waals surface area contributed by atoms with Crippen molar-refractivity contribution in [2.24, 2.45) is 0 Å². The first-order chi connectivity index (χ1) is 3.35. The van der Waals surface area contributed by atoms with Crippen LogP contribution in [-0.2, 0) is 9.31 Å². The minimum atomic E-state index is -0.250. The van der Waals surface area contributed by atoms with Crippen molar-refractivity contribution in [3.63, 3.8) is 0 Å². The van der Waals surface area contributed by atoms with Crippen molar-refractivity contribution >= 4 is 7.12 Å². The normalized spacial score (nSPS) is 8.29. The van der Waals surface area contributed by atoms with Crippen LogP contribution in [0.15, 0.2) is 12.6 Å². The zero-order chi connectivity index (χ0) is 5.70. The molecule has 0 spiro atoms. The number of rotatable bonds is 3. The van der Waals surface area contributed by atoms with Crippen LogP contribution in [0.3, 0.4) is 0 Å². The van der Waals surface area contributed by atoms with Gasteiger partial charge in [-0.3, -0.25) is 0 Å². The number of hydrogen-bond donors (Lipinski definition) is 0. The summed E-state index contributed by atoms with van der Waals surface area (Å²) in [5.74, 6) is 1.58. The monoisotopic (exact) mass is 100 g/mol. The fourth-order valence-corrected chi connectivity index (χ4v) is 0.289. The molecule has 0 aromatic rings. The fraction of sp³-hybridized carbons (Fsp3) is 0.500. The van der Waals surface area contributed by atoms with E-state index in [1.807, 2.05) is 0 Å². The van der Waals surface area contributed by atoms with Gasteiger partial charge in [0.2, 0.25) is 0 Å². The molecule has 0 aromatic heterocycles. The lowest BCUT2D eigenvalue weighted by atomic mass is 9.92. The molecule has 0 aliphatic heterocycles. The molecule has 0 bridgehead atoms. The molecule has 0 aromatic carbocycles. The summed E-state index contributed by atoms with van der Waals surface area (Å²) in [7, 11) is 2.88. The smallest absolute Gasteiger partial charge is 0.410 e. The van der Waals surface area contributed by atoms with Crippen LogP contribution >= 0.6 is 0 Å². The summed E-state index contributed by atoms with van der Waals surface area (Å²) in [6.07, 6.45) is 0. The van der Waals surface area contributed by atoms with E-state index in [-0.39, 0.29) is 7.12 Å². The number of hydrogen-bond acceptors (Lipinski definition) is 2. The Morgan fingerprint density at radius 1 is 1.43 bits per heavy atom. The van der Waals surface area contributed by atoms with E-state index < -0.39 is 0 Å². The van der Waals surface area contributed by atoms with Crippen LogP contribution in [0, 0.1) is 0 Å². The molecular weight excluding hydrogens is 90.9 g/mol. The minimum Gasteiger partial charge on any atom is -0.410 e. The average Bonchev–Trinajstić information content (AvgIpc) is 1.72. The van der Waals surface area contributed by atoms with Crippen molar-refractivity contribution in [1.82, 2.24) is 0 Å². The lowest BCUT2D eigenvalue weighted by Crippen LogP contribution is -2.14. The Morgan fingerprint density at radius 3 is 1.86 bits per heavy atom. The molecule has 0 radical (unpaired) electrons. The molecule has 0 atom stereocenters. The van der Waals surface area contributed by atoms with E-state index in [1.165, 1.54) is 0 Å². The SMILES string of the molecule is C=CB(OC)OC. The molecule has 0 N–H and O–H groups in total. The van der Waals surface area contributed by atoms with Gasteiger partial charge >= 0.3 is 7.12 Å². The van der Waals surface area contributed by atoms with Crippen LogP contribution in [-0.4, -0.2) is 21.3 Å². The quantitative estimate of drug-likeness (QED) is 0.480. The van der Waals surface area contributed by atoms with E-state index >= 15 is 0 Å². The third kappa shape index (κ3) is 2.42. The predicted molar refractivity (Wildman–Crippen MR) is 30.0 cm³/mol. The van der Waals surface area contributed by atoms with Gasteiger partial charge in [-0.2, -0.15) is 0 Å². The lowest BCUT2D eigenvalue weighted by molar-refractivity contribution is 0.290. The van der Waals surface area contributed by atoms with Crippen molar-refractivity contribution in [2.75, 3.05) is 14.2 Å². The van der Waals surface area contributed by atoms with Crippen LogP contribution in [0.5, 0.6) is 0 Å². The zero-order valence-electron chi connectivity index (χ0n) is 4.68. The first-order valence-corrected chi connectivity index (χ1v) is 2.03. The highest BCUT2D eigenvalue weighted by atomic mass is 16.6. The van der Waals surface area contributed by atoms with Crippen molar-refractivity contribution in [1.29, 1.82) is 0 Å². The molecule has 0 saturated heterocycles. The summed E-state index contributed by atoms with van der Waals surface area (Å²) < 4.78 is 9.42. The van der Waals surface area contributed by atoms with Crippen molar-refractivity contribution < 1.29 is 9.31 Å². The third-order valence-corrected chi connectivity index (χ3v) is 0.657. The second kappa shape index (κ2) is 3.90. The second-order valence-electron chi connectivity index (χ2n) is 1.08. The molecular formula is C4H9BO2. The van der Waals surface area contributed by atoms with Gasteiger partial charge in [-0.05, 0) is 0 Å². The second-order valence-corrected chi connectivity index (χ2v) is 1.08. The van der Waals surface area contributed by atoms with E-state index in [1.54, 1.807) is 20.2 Å². The maximum absolute atomic E-state index is 4.71. The summed E-state index contributed by atoms with van der Waals surface area (Å²) in [6.45, 7) is 3.45. The average molecular weight is 99.9 g/mol. The summed E-state index contributed by atoms with van der Waals surface area (Å²) in [4.78, 5) is 0. The van der Waals surface area contributed by atoms with Crippen LogP contribution < -0.4 is 0 Å². The lowest BCUT2D eigenvalue weighted by Gasteiger charge is -1.98.